The highest BCUT2D eigenvalue weighted by molar-refractivity contribution is 7.86. The summed E-state index contributed by atoms with van der Waals surface area (Å²) < 4.78 is 53.6. The minimum atomic E-state index is -3.97. The SMILES string of the molecule is Cc1ccc(S(=O)(=O)O[C@@H]2[C@@H]3OC[C@H](O3)[C@@H]3OC(C)(C)O[C@H]23)cc1. The number of fused-ring (bicyclic) bond motifs is 4. The number of aryl methyl sites for hydroxylation is 1. The molecular formula is C16H20O7S. The summed E-state index contributed by atoms with van der Waals surface area (Å²) in [4.78, 5) is 0.0861. The molecule has 0 aromatic heterocycles. The molecule has 0 aliphatic carbocycles. The molecule has 0 unspecified atom stereocenters. The van der Waals surface area contributed by atoms with E-state index in [1.165, 1.54) is 12.1 Å². The Morgan fingerprint density at radius 3 is 2.50 bits per heavy atom. The third-order valence-corrected chi connectivity index (χ3v) is 5.73. The van der Waals surface area contributed by atoms with E-state index in [2.05, 4.69) is 0 Å². The van der Waals surface area contributed by atoms with Gasteiger partial charge in [0, 0.05) is 0 Å². The highest BCUT2D eigenvalue weighted by Crippen LogP contribution is 2.42. The molecule has 5 atom stereocenters. The molecule has 0 N–H and O–H groups in total. The molecule has 1 aromatic carbocycles. The Morgan fingerprint density at radius 2 is 1.79 bits per heavy atom. The molecule has 24 heavy (non-hydrogen) atoms. The molecule has 132 valence electrons. The standard InChI is InChI=1S/C16H20O7S/c1-9-4-6-10(7-5-9)24(17,18)23-14-13-12(21-16(2,3)22-13)11-8-19-15(14)20-11/h4-7,11-15H,8H2,1-3H3/t11-,12-,13-,14-,15+/m0/s1. The average Bonchev–Trinajstić information content (AvgIpc) is 3.07. The van der Waals surface area contributed by atoms with Crippen molar-refractivity contribution in [3.8, 4) is 0 Å². The summed E-state index contributed by atoms with van der Waals surface area (Å²) in [6, 6.07) is 6.47. The quantitative estimate of drug-likeness (QED) is 0.756. The predicted molar refractivity (Wildman–Crippen MR) is 81.7 cm³/mol. The van der Waals surface area contributed by atoms with E-state index in [0.29, 0.717) is 6.61 Å². The summed E-state index contributed by atoms with van der Waals surface area (Å²) in [6.45, 7) is 5.78. The zero-order valence-electron chi connectivity index (χ0n) is 13.7. The van der Waals surface area contributed by atoms with Crippen molar-refractivity contribution in [2.75, 3.05) is 6.61 Å². The van der Waals surface area contributed by atoms with Gasteiger partial charge >= 0.3 is 0 Å². The van der Waals surface area contributed by atoms with E-state index in [9.17, 15) is 8.42 Å². The Kier molecular flexibility index (Phi) is 3.76. The highest BCUT2D eigenvalue weighted by atomic mass is 32.2. The van der Waals surface area contributed by atoms with Crippen molar-refractivity contribution in [2.24, 2.45) is 0 Å². The monoisotopic (exact) mass is 356 g/mol. The maximum Gasteiger partial charge on any atom is 0.297 e. The van der Waals surface area contributed by atoms with Crippen LogP contribution in [-0.2, 0) is 33.2 Å². The van der Waals surface area contributed by atoms with Crippen LogP contribution in [0.15, 0.2) is 29.2 Å². The fourth-order valence-corrected chi connectivity index (χ4v) is 4.38. The van der Waals surface area contributed by atoms with Crippen LogP contribution in [0, 0.1) is 6.92 Å². The van der Waals surface area contributed by atoms with Crippen LogP contribution in [-0.4, -0.2) is 51.5 Å². The first-order chi connectivity index (χ1) is 11.3. The number of benzene rings is 1. The van der Waals surface area contributed by atoms with E-state index in [1.807, 2.05) is 6.92 Å². The molecule has 2 bridgehead atoms. The molecular weight excluding hydrogens is 336 g/mol. The molecule has 3 heterocycles. The van der Waals surface area contributed by atoms with E-state index in [-0.39, 0.29) is 11.0 Å². The van der Waals surface area contributed by atoms with Gasteiger partial charge in [0.15, 0.2) is 18.2 Å². The summed E-state index contributed by atoms with van der Waals surface area (Å²) >= 11 is 0. The van der Waals surface area contributed by atoms with Gasteiger partial charge in [0.25, 0.3) is 10.1 Å². The van der Waals surface area contributed by atoms with Crippen LogP contribution in [0.4, 0.5) is 0 Å². The summed E-state index contributed by atoms with van der Waals surface area (Å²) in [5, 5.41) is 0. The second kappa shape index (κ2) is 5.48. The molecule has 0 spiro atoms. The first-order valence-electron chi connectivity index (χ1n) is 7.88. The van der Waals surface area contributed by atoms with Gasteiger partial charge in [-0.3, -0.25) is 4.18 Å². The van der Waals surface area contributed by atoms with E-state index >= 15 is 0 Å². The first kappa shape index (κ1) is 16.4. The molecule has 3 aliphatic rings. The summed E-state index contributed by atoms with van der Waals surface area (Å²) in [5.41, 5.74) is 0.964. The topological polar surface area (TPSA) is 80.3 Å². The molecule has 0 amide bonds. The second-order valence-corrected chi connectivity index (χ2v) is 8.34. The minimum absolute atomic E-state index is 0.0861. The van der Waals surface area contributed by atoms with Gasteiger partial charge in [0.05, 0.1) is 11.5 Å². The number of hydrogen-bond acceptors (Lipinski definition) is 7. The summed E-state index contributed by atoms with van der Waals surface area (Å²) in [5.74, 6) is -0.821. The van der Waals surface area contributed by atoms with Crippen LogP contribution >= 0.6 is 0 Å². The number of hydrogen-bond donors (Lipinski definition) is 0. The van der Waals surface area contributed by atoms with Crippen LogP contribution in [0.3, 0.4) is 0 Å². The van der Waals surface area contributed by atoms with Crippen molar-refractivity contribution in [3.05, 3.63) is 29.8 Å². The largest absolute Gasteiger partial charge is 0.347 e. The van der Waals surface area contributed by atoms with Crippen LogP contribution in [0.1, 0.15) is 19.4 Å². The molecule has 4 rings (SSSR count). The average molecular weight is 356 g/mol. The van der Waals surface area contributed by atoms with E-state index in [4.69, 9.17) is 23.1 Å². The molecule has 1 aromatic rings. The van der Waals surface area contributed by atoms with Crippen molar-refractivity contribution < 1.29 is 31.5 Å². The zero-order chi connectivity index (χ0) is 17.1. The van der Waals surface area contributed by atoms with Gasteiger partial charge in [-0.1, -0.05) is 17.7 Å². The molecule has 3 fully saturated rings. The van der Waals surface area contributed by atoms with Crippen LogP contribution in [0.25, 0.3) is 0 Å². The first-order valence-corrected chi connectivity index (χ1v) is 9.29. The lowest BCUT2D eigenvalue weighted by atomic mass is 10.0. The molecule has 0 saturated carbocycles. The number of ether oxygens (including phenoxy) is 4. The van der Waals surface area contributed by atoms with Crippen molar-refractivity contribution in [1.29, 1.82) is 0 Å². The lowest BCUT2D eigenvalue weighted by Gasteiger charge is -2.34. The maximum atomic E-state index is 12.6. The van der Waals surface area contributed by atoms with Crippen molar-refractivity contribution >= 4 is 10.1 Å². The van der Waals surface area contributed by atoms with Gasteiger partial charge in [-0.05, 0) is 32.9 Å². The van der Waals surface area contributed by atoms with Gasteiger partial charge in [-0.25, -0.2) is 0 Å². The van der Waals surface area contributed by atoms with Crippen LogP contribution in [0.5, 0.6) is 0 Å². The number of rotatable bonds is 3. The smallest absolute Gasteiger partial charge is 0.297 e. The summed E-state index contributed by atoms with van der Waals surface area (Å²) in [7, 11) is -3.97. The fourth-order valence-electron chi connectivity index (χ4n) is 3.31. The second-order valence-electron chi connectivity index (χ2n) is 6.77. The van der Waals surface area contributed by atoms with Gasteiger partial charge in [-0.2, -0.15) is 8.42 Å². The van der Waals surface area contributed by atoms with Crippen molar-refractivity contribution in [2.45, 2.75) is 62.2 Å². The van der Waals surface area contributed by atoms with Crippen LogP contribution < -0.4 is 0 Å². The van der Waals surface area contributed by atoms with E-state index < -0.39 is 40.5 Å². The molecule has 7 nitrogen and oxygen atoms in total. The van der Waals surface area contributed by atoms with Gasteiger partial charge in [0.1, 0.15) is 18.3 Å². The van der Waals surface area contributed by atoms with Gasteiger partial charge in [0.2, 0.25) is 0 Å². The normalized spacial score (nSPS) is 37.4. The summed E-state index contributed by atoms with van der Waals surface area (Å²) in [6.07, 6.45) is -2.96. The Bertz CT molecular complexity index is 727. The minimum Gasteiger partial charge on any atom is -0.347 e. The Balaban J connectivity index is 1.62. The van der Waals surface area contributed by atoms with E-state index in [1.54, 1.807) is 26.0 Å². The van der Waals surface area contributed by atoms with Crippen LogP contribution in [0.2, 0.25) is 0 Å². The van der Waals surface area contributed by atoms with Gasteiger partial charge < -0.3 is 18.9 Å². The van der Waals surface area contributed by atoms with Gasteiger partial charge in [-0.15, -0.1) is 0 Å². The predicted octanol–water partition coefficient (Wildman–Crippen LogP) is 1.34. The highest BCUT2D eigenvalue weighted by Gasteiger charge is 2.60. The Morgan fingerprint density at radius 1 is 1.12 bits per heavy atom. The Labute approximate surface area is 140 Å². The van der Waals surface area contributed by atoms with E-state index in [0.717, 1.165) is 5.56 Å². The van der Waals surface area contributed by atoms with Crippen molar-refractivity contribution in [1.82, 2.24) is 0 Å². The lowest BCUT2D eigenvalue weighted by molar-refractivity contribution is -0.194. The van der Waals surface area contributed by atoms with Crippen molar-refractivity contribution in [3.63, 3.8) is 0 Å². The third-order valence-electron chi connectivity index (χ3n) is 4.40. The Hall–Kier alpha value is -1.03. The zero-order valence-corrected chi connectivity index (χ0v) is 14.5. The fraction of sp³-hybridized carbons (Fsp3) is 0.625. The third kappa shape index (κ3) is 2.77. The lowest BCUT2D eigenvalue weighted by Crippen LogP contribution is -2.53. The molecule has 8 heteroatoms. The maximum absolute atomic E-state index is 12.6. The molecule has 3 aliphatic heterocycles. The molecule has 0 radical (unpaired) electrons. The molecule has 3 saturated heterocycles.